The van der Waals surface area contributed by atoms with Crippen LogP contribution < -0.4 is 5.19 Å². The van der Waals surface area contributed by atoms with Crippen molar-refractivity contribution in [2.24, 2.45) is 5.92 Å². The van der Waals surface area contributed by atoms with Gasteiger partial charge in [0, 0.05) is 44.4 Å². The summed E-state index contributed by atoms with van der Waals surface area (Å²) in [5.41, 5.74) is 5.99. The number of thiophene rings is 1. The minimum Gasteiger partial charge on any atom is -0.305 e. The SMILES string of the molecule is CC(C)Cc1cc(-c2[c-]cc(F)cc2)ncc1[Si](C)(C)C.[2H]C(C)(C)c1ccnc(-c2[c-]ccc3c2sc2ccccc23)c1.[Ir]. The van der Waals surface area contributed by atoms with Crippen LogP contribution >= 0.6 is 11.3 Å². The zero-order chi connectivity index (χ0) is 31.6. The summed E-state index contributed by atoms with van der Waals surface area (Å²) in [4.78, 5) is 9.13. The van der Waals surface area contributed by atoms with E-state index in [1.807, 2.05) is 38.2 Å². The fraction of sp³-hybridized carbons (Fsp3) is 0.263. The quantitative estimate of drug-likeness (QED) is 0.124. The molecule has 0 aliphatic rings. The second-order valence-corrected chi connectivity index (χ2v) is 18.7. The molecule has 0 saturated heterocycles. The third-order valence-corrected chi connectivity index (χ3v) is 10.7. The molecule has 3 aromatic heterocycles. The van der Waals surface area contributed by atoms with E-state index in [1.165, 1.54) is 43.1 Å². The van der Waals surface area contributed by atoms with Gasteiger partial charge in [0.25, 0.3) is 0 Å². The monoisotopic (exact) mass is 796 g/mol. The summed E-state index contributed by atoms with van der Waals surface area (Å²) < 4.78 is 23.8. The van der Waals surface area contributed by atoms with Crippen LogP contribution in [0.3, 0.4) is 0 Å². The first kappa shape index (κ1) is 32.4. The fourth-order valence-electron chi connectivity index (χ4n) is 5.25. The van der Waals surface area contributed by atoms with E-state index in [0.717, 1.165) is 34.5 Å². The van der Waals surface area contributed by atoms with Crippen LogP contribution in [0.15, 0.2) is 85.2 Å². The van der Waals surface area contributed by atoms with Gasteiger partial charge in [-0.2, -0.15) is 11.3 Å². The van der Waals surface area contributed by atoms with Gasteiger partial charge in [-0.3, -0.25) is 4.39 Å². The minimum atomic E-state index is -1.41. The number of halogens is 1. The standard InChI is InChI=1S/C20H16NS.C18H23FNSi.Ir/c1-13(2)14-10-11-21-18(12-14)17-8-5-7-16-15-6-3-4-9-19(15)22-20(16)17;1-13(2)10-15-11-17(14-6-8-16(19)9-7-14)20-12-18(15)21(3,4)5;/h3-7,9-13H,1-2H3;6,8-9,11-13H,10H2,1-5H3;/q2*-1;/i13D;;. The molecule has 0 amide bonds. The molecule has 0 spiro atoms. The van der Waals surface area contributed by atoms with Crippen LogP contribution in [-0.2, 0) is 26.5 Å². The number of rotatable bonds is 6. The van der Waals surface area contributed by atoms with Gasteiger partial charge >= 0.3 is 0 Å². The van der Waals surface area contributed by atoms with Gasteiger partial charge < -0.3 is 9.97 Å². The van der Waals surface area contributed by atoms with E-state index in [9.17, 15) is 4.39 Å². The van der Waals surface area contributed by atoms with E-state index in [1.54, 1.807) is 23.6 Å². The maximum absolute atomic E-state index is 13.0. The second kappa shape index (κ2) is 14.4. The zero-order valence-corrected chi connectivity index (χ0v) is 30.6. The van der Waals surface area contributed by atoms with Crippen LogP contribution in [0, 0.1) is 23.9 Å². The molecule has 6 rings (SSSR count). The molecule has 6 heteroatoms. The Hall–Kier alpha value is -3.02. The van der Waals surface area contributed by atoms with E-state index in [4.69, 9.17) is 1.37 Å². The summed E-state index contributed by atoms with van der Waals surface area (Å²) in [6.07, 6.45) is 4.87. The van der Waals surface area contributed by atoms with Crippen molar-refractivity contribution < 1.29 is 25.9 Å². The summed E-state index contributed by atoms with van der Waals surface area (Å²) in [6, 6.07) is 29.5. The Bertz CT molecular complexity index is 1910. The van der Waals surface area contributed by atoms with Gasteiger partial charge in [0.2, 0.25) is 0 Å². The summed E-state index contributed by atoms with van der Waals surface area (Å²) >= 11 is 1.78. The Labute approximate surface area is 281 Å². The Morgan fingerprint density at radius 3 is 2.36 bits per heavy atom. The van der Waals surface area contributed by atoms with Gasteiger partial charge in [-0.1, -0.05) is 94.2 Å². The van der Waals surface area contributed by atoms with Crippen LogP contribution in [0.2, 0.25) is 19.6 Å². The van der Waals surface area contributed by atoms with Crippen LogP contribution in [0.1, 0.15) is 46.1 Å². The fourth-order valence-corrected chi connectivity index (χ4v) is 8.05. The molecule has 44 heavy (non-hydrogen) atoms. The number of hydrogen-bond acceptors (Lipinski definition) is 3. The van der Waals surface area contributed by atoms with Crippen molar-refractivity contribution in [1.82, 2.24) is 9.97 Å². The molecular formula is C38H39FIrN2SSi-2. The van der Waals surface area contributed by atoms with Crippen molar-refractivity contribution in [3.63, 3.8) is 0 Å². The van der Waals surface area contributed by atoms with Gasteiger partial charge in [-0.25, -0.2) is 0 Å². The number of pyridine rings is 2. The topological polar surface area (TPSA) is 25.8 Å². The number of nitrogens with zero attached hydrogens (tertiary/aromatic N) is 2. The summed E-state index contributed by atoms with van der Waals surface area (Å²) in [5.74, 6) is -0.293. The molecule has 0 unspecified atom stereocenters. The van der Waals surface area contributed by atoms with Crippen LogP contribution in [0.4, 0.5) is 4.39 Å². The Kier molecular flexibility index (Phi) is 10.6. The minimum absolute atomic E-state index is 0. The molecule has 0 aliphatic carbocycles. The molecule has 3 heterocycles. The molecule has 0 saturated carbocycles. The van der Waals surface area contributed by atoms with Crippen molar-refractivity contribution in [3.8, 4) is 22.5 Å². The maximum atomic E-state index is 13.0. The average molecular weight is 796 g/mol. The van der Waals surface area contributed by atoms with Crippen LogP contribution in [0.5, 0.6) is 0 Å². The smallest absolute Gasteiger partial charge is 0.0798 e. The van der Waals surface area contributed by atoms with Crippen LogP contribution in [-0.4, -0.2) is 18.0 Å². The molecule has 0 bridgehead atoms. The number of aromatic nitrogens is 2. The Morgan fingerprint density at radius 2 is 1.68 bits per heavy atom. The Balaban J connectivity index is 0.000000201. The molecule has 0 aliphatic heterocycles. The predicted molar refractivity (Wildman–Crippen MR) is 185 cm³/mol. The number of fused-ring (bicyclic) bond motifs is 3. The van der Waals surface area contributed by atoms with E-state index >= 15 is 0 Å². The van der Waals surface area contributed by atoms with Crippen molar-refractivity contribution >= 4 is 44.8 Å². The zero-order valence-electron chi connectivity index (χ0n) is 27.4. The van der Waals surface area contributed by atoms with E-state index in [0.29, 0.717) is 5.92 Å². The molecule has 0 N–H and O–H groups in total. The van der Waals surface area contributed by atoms with E-state index in [-0.39, 0.29) is 25.9 Å². The van der Waals surface area contributed by atoms with E-state index < -0.39 is 14.0 Å². The number of benzene rings is 3. The summed E-state index contributed by atoms with van der Waals surface area (Å²) in [5, 5.41) is 3.94. The molecule has 229 valence electrons. The first-order chi connectivity index (χ1) is 20.8. The van der Waals surface area contributed by atoms with Crippen molar-refractivity contribution in [2.75, 3.05) is 0 Å². The van der Waals surface area contributed by atoms with Crippen LogP contribution in [0.25, 0.3) is 42.7 Å². The number of hydrogen-bond donors (Lipinski definition) is 0. The first-order valence-corrected chi connectivity index (χ1v) is 19.1. The summed E-state index contributed by atoms with van der Waals surface area (Å²) in [6.45, 7) is 15.3. The molecule has 1 radical (unpaired) electrons. The van der Waals surface area contributed by atoms with Crippen molar-refractivity contribution in [1.29, 1.82) is 0 Å². The van der Waals surface area contributed by atoms with Gasteiger partial charge in [0.1, 0.15) is 0 Å². The first-order valence-electron chi connectivity index (χ1n) is 15.3. The van der Waals surface area contributed by atoms with Crippen molar-refractivity contribution in [2.45, 2.75) is 59.7 Å². The molecule has 3 aromatic carbocycles. The maximum Gasteiger partial charge on any atom is 0.0798 e. The molecule has 6 aromatic rings. The molecule has 2 nitrogen and oxygen atoms in total. The third-order valence-electron chi connectivity index (χ3n) is 7.41. The Morgan fingerprint density at radius 1 is 0.909 bits per heavy atom. The molecular weight excluding hydrogens is 756 g/mol. The van der Waals surface area contributed by atoms with Gasteiger partial charge in [0.05, 0.1) is 8.07 Å². The van der Waals surface area contributed by atoms with Gasteiger partial charge in [-0.15, -0.1) is 53.6 Å². The molecule has 0 atom stereocenters. The van der Waals surface area contributed by atoms with Gasteiger partial charge in [-0.05, 0) is 57.0 Å². The third kappa shape index (κ3) is 7.78. The normalized spacial score (nSPS) is 12.1. The molecule has 0 fully saturated rings. The average Bonchev–Trinajstić information content (AvgIpc) is 3.36. The van der Waals surface area contributed by atoms with Crippen molar-refractivity contribution in [3.05, 3.63) is 114 Å². The second-order valence-electron chi connectivity index (χ2n) is 12.6. The predicted octanol–water partition coefficient (Wildman–Crippen LogP) is 10.5. The largest absolute Gasteiger partial charge is 0.305 e. The van der Waals surface area contributed by atoms with Gasteiger partial charge in [0.15, 0.2) is 0 Å². The van der Waals surface area contributed by atoms with E-state index in [2.05, 4.69) is 92.0 Å². The summed E-state index contributed by atoms with van der Waals surface area (Å²) in [7, 11) is -1.41.